The maximum absolute atomic E-state index is 11.9. The van der Waals surface area contributed by atoms with Gasteiger partial charge in [-0.15, -0.1) is 0 Å². The molecule has 6 nitrogen and oxygen atoms in total. The molecule has 3 heterocycles. The van der Waals surface area contributed by atoms with Crippen molar-refractivity contribution in [2.75, 3.05) is 31.1 Å². The number of rotatable bonds is 4. The summed E-state index contributed by atoms with van der Waals surface area (Å²) >= 11 is 0. The summed E-state index contributed by atoms with van der Waals surface area (Å²) < 4.78 is 0. The number of likely N-dealkylation sites (tertiary alicyclic amines) is 1. The molecule has 0 aliphatic carbocycles. The van der Waals surface area contributed by atoms with Gasteiger partial charge in [0.25, 0.3) is 5.91 Å². The summed E-state index contributed by atoms with van der Waals surface area (Å²) in [5.41, 5.74) is 6.60. The second-order valence-electron chi connectivity index (χ2n) is 6.49. The van der Waals surface area contributed by atoms with E-state index >= 15 is 0 Å². The Hall–Kier alpha value is -2.11. The number of pyridine rings is 1. The van der Waals surface area contributed by atoms with E-state index in [0.717, 1.165) is 57.5 Å². The van der Waals surface area contributed by atoms with Crippen LogP contribution in [0.1, 0.15) is 42.6 Å². The first kappa shape index (κ1) is 15.8. The monoisotopic (exact) mass is 316 g/mol. The molecule has 0 radical (unpaired) electrons. The lowest BCUT2D eigenvalue weighted by molar-refractivity contribution is -0.134. The van der Waals surface area contributed by atoms with Gasteiger partial charge in [-0.2, -0.15) is 0 Å². The van der Waals surface area contributed by atoms with Gasteiger partial charge in [0.1, 0.15) is 5.69 Å². The summed E-state index contributed by atoms with van der Waals surface area (Å²) in [6.07, 6.45) is 6.66. The van der Waals surface area contributed by atoms with Gasteiger partial charge in [0, 0.05) is 44.5 Å². The van der Waals surface area contributed by atoms with Crippen LogP contribution in [0.5, 0.6) is 0 Å². The molecule has 124 valence electrons. The third kappa shape index (κ3) is 3.81. The van der Waals surface area contributed by atoms with Gasteiger partial charge in [-0.3, -0.25) is 14.6 Å². The first-order valence-electron chi connectivity index (χ1n) is 8.42. The van der Waals surface area contributed by atoms with Crippen LogP contribution in [0, 0.1) is 5.92 Å². The maximum atomic E-state index is 11.9. The molecule has 1 aromatic rings. The summed E-state index contributed by atoms with van der Waals surface area (Å²) in [6, 6.07) is 3.68. The topological polar surface area (TPSA) is 79.5 Å². The largest absolute Gasteiger partial charge is 0.371 e. The molecule has 3 rings (SSSR count). The molecule has 0 saturated carbocycles. The number of carbonyl (C=O) groups is 2. The third-order valence-corrected chi connectivity index (χ3v) is 4.88. The zero-order chi connectivity index (χ0) is 16.2. The highest BCUT2D eigenvalue weighted by molar-refractivity contribution is 5.91. The van der Waals surface area contributed by atoms with Crippen LogP contribution < -0.4 is 10.6 Å². The molecule has 2 aliphatic rings. The van der Waals surface area contributed by atoms with E-state index in [9.17, 15) is 9.59 Å². The third-order valence-electron chi connectivity index (χ3n) is 4.88. The van der Waals surface area contributed by atoms with Gasteiger partial charge in [-0.25, -0.2) is 0 Å². The Kier molecular flexibility index (Phi) is 4.79. The Labute approximate surface area is 136 Å². The lowest BCUT2D eigenvalue weighted by Gasteiger charge is -2.37. The smallest absolute Gasteiger partial charge is 0.267 e. The SMILES string of the molecule is NC(=O)c1cc(N2CCC(CN3CCCCC3=O)CC2)ccn1. The molecule has 2 saturated heterocycles. The lowest BCUT2D eigenvalue weighted by atomic mass is 9.95. The number of aromatic nitrogens is 1. The van der Waals surface area contributed by atoms with Crippen molar-refractivity contribution in [1.29, 1.82) is 0 Å². The molecule has 23 heavy (non-hydrogen) atoms. The molecule has 0 aromatic carbocycles. The van der Waals surface area contributed by atoms with E-state index in [1.807, 2.05) is 11.0 Å². The van der Waals surface area contributed by atoms with Crippen LogP contribution >= 0.6 is 0 Å². The quantitative estimate of drug-likeness (QED) is 0.911. The van der Waals surface area contributed by atoms with Crippen LogP contribution in [0.3, 0.4) is 0 Å². The highest BCUT2D eigenvalue weighted by atomic mass is 16.2. The molecule has 2 fully saturated rings. The van der Waals surface area contributed by atoms with Crippen molar-refractivity contribution in [2.45, 2.75) is 32.1 Å². The number of hydrogen-bond acceptors (Lipinski definition) is 4. The fraction of sp³-hybridized carbons (Fsp3) is 0.588. The fourth-order valence-electron chi connectivity index (χ4n) is 3.49. The fourth-order valence-corrected chi connectivity index (χ4v) is 3.49. The van der Waals surface area contributed by atoms with Crippen molar-refractivity contribution in [3.63, 3.8) is 0 Å². The molecule has 0 bridgehead atoms. The Morgan fingerprint density at radius 2 is 2.04 bits per heavy atom. The van der Waals surface area contributed by atoms with Gasteiger partial charge in [0.15, 0.2) is 0 Å². The minimum atomic E-state index is -0.495. The first-order valence-corrected chi connectivity index (χ1v) is 8.42. The zero-order valence-electron chi connectivity index (χ0n) is 13.4. The molecule has 0 atom stereocenters. The van der Waals surface area contributed by atoms with Crippen LogP contribution in [0.2, 0.25) is 0 Å². The van der Waals surface area contributed by atoms with Crippen LogP contribution in [-0.2, 0) is 4.79 Å². The van der Waals surface area contributed by atoms with Crippen molar-refractivity contribution in [2.24, 2.45) is 11.7 Å². The summed E-state index contributed by atoms with van der Waals surface area (Å²) in [5, 5.41) is 0. The average Bonchev–Trinajstić information content (AvgIpc) is 2.58. The van der Waals surface area contributed by atoms with E-state index in [0.29, 0.717) is 23.9 Å². The summed E-state index contributed by atoms with van der Waals surface area (Å²) in [5.74, 6) is 0.398. The summed E-state index contributed by atoms with van der Waals surface area (Å²) in [4.78, 5) is 31.5. The Morgan fingerprint density at radius 1 is 1.26 bits per heavy atom. The van der Waals surface area contributed by atoms with Gasteiger partial charge in [-0.05, 0) is 43.7 Å². The number of carbonyl (C=O) groups excluding carboxylic acids is 2. The van der Waals surface area contributed by atoms with Gasteiger partial charge in [-0.1, -0.05) is 0 Å². The normalized spacial score (nSPS) is 19.9. The standard InChI is InChI=1S/C17H24N4O2/c18-17(23)15-11-14(4-7-19-15)20-9-5-13(6-10-20)12-21-8-2-1-3-16(21)22/h4,7,11,13H,1-3,5-6,8-10,12H2,(H2,18,23). The zero-order valence-corrected chi connectivity index (χ0v) is 13.4. The van der Waals surface area contributed by atoms with Crippen LogP contribution in [0.25, 0.3) is 0 Å². The molecular formula is C17H24N4O2. The van der Waals surface area contributed by atoms with Gasteiger partial charge < -0.3 is 15.5 Å². The van der Waals surface area contributed by atoms with Crippen molar-refractivity contribution in [3.05, 3.63) is 24.0 Å². The molecule has 1 aromatic heterocycles. The molecule has 2 N–H and O–H groups in total. The molecule has 2 amide bonds. The predicted octanol–water partition coefficient (Wildman–Crippen LogP) is 1.41. The van der Waals surface area contributed by atoms with E-state index in [4.69, 9.17) is 5.73 Å². The van der Waals surface area contributed by atoms with Crippen molar-refractivity contribution in [3.8, 4) is 0 Å². The minimum absolute atomic E-state index is 0.309. The second kappa shape index (κ2) is 6.98. The van der Waals surface area contributed by atoms with Crippen molar-refractivity contribution < 1.29 is 9.59 Å². The average molecular weight is 316 g/mol. The second-order valence-corrected chi connectivity index (χ2v) is 6.49. The Balaban J connectivity index is 1.55. The molecule has 6 heteroatoms. The lowest BCUT2D eigenvalue weighted by Crippen LogP contribution is -2.42. The number of hydrogen-bond donors (Lipinski definition) is 1. The van der Waals surface area contributed by atoms with Gasteiger partial charge in [0.2, 0.25) is 5.91 Å². The highest BCUT2D eigenvalue weighted by Crippen LogP contribution is 2.25. The van der Waals surface area contributed by atoms with E-state index in [-0.39, 0.29) is 0 Å². The number of amides is 2. The summed E-state index contributed by atoms with van der Waals surface area (Å²) in [6.45, 7) is 3.70. The van der Waals surface area contributed by atoms with Gasteiger partial charge >= 0.3 is 0 Å². The number of anilines is 1. The number of nitrogens with two attached hydrogens (primary N) is 1. The highest BCUT2D eigenvalue weighted by Gasteiger charge is 2.25. The van der Waals surface area contributed by atoms with E-state index in [1.165, 1.54) is 0 Å². The van der Waals surface area contributed by atoms with Crippen LogP contribution in [0.4, 0.5) is 5.69 Å². The molecule has 2 aliphatic heterocycles. The molecule has 0 unspecified atom stereocenters. The minimum Gasteiger partial charge on any atom is -0.371 e. The molecular weight excluding hydrogens is 292 g/mol. The Morgan fingerprint density at radius 3 is 2.74 bits per heavy atom. The van der Waals surface area contributed by atoms with E-state index in [1.54, 1.807) is 12.3 Å². The van der Waals surface area contributed by atoms with Crippen LogP contribution in [-0.4, -0.2) is 47.9 Å². The predicted molar refractivity (Wildman–Crippen MR) is 88.1 cm³/mol. The number of primary amides is 1. The maximum Gasteiger partial charge on any atom is 0.267 e. The number of piperidine rings is 2. The van der Waals surface area contributed by atoms with Crippen LogP contribution in [0.15, 0.2) is 18.3 Å². The summed E-state index contributed by atoms with van der Waals surface area (Å²) in [7, 11) is 0. The first-order chi connectivity index (χ1) is 11.1. The number of nitrogens with zero attached hydrogens (tertiary/aromatic N) is 3. The van der Waals surface area contributed by atoms with Crippen molar-refractivity contribution in [1.82, 2.24) is 9.88 Å². The van der Waals surface area contributed by atoms with Gasteiger partial charge in [0.05, 0.1) is 0 Å². The van der Waals surface area contributed by atoms with E-state index in [2.05, 4.69) is 9.88 Å². The van der Waals surface area contributed by atoms with E-state index < -0.39 is 5.91 Å². The Bertz CT molecular complexity index is 582. The molecule has 0 spiro atoms. The van der Waals surface area contributed by atoms with Crippen molar-refractivity contribution >= 4 is 17.5 Å².